The molecule has 0 aromatic heterocycles. The van der Waals surface area contributed by atoms with Gasteiger partial charge < -0.3 is 19.5 Å². The Kier molecular flexibility index (Phi) is 9.81. The fourth-order valence-electron chi connectivity index (χ4n) is 2.98. The van der Waals surface area contributed by atoms with Crippen molar-refractivity contribution in [1.82, 2.24) is 5.43 Å². The fourth-order valence-corrected chi connectivity index (χ4v) is 3.72. The molecule has 0 aliphatic carbocycles. The summed E-state index contributed by atoms with van der Waals surface area (Å²) in [6, 6.07) is 14.5. The van der Waals surface area contributed by atoms with Crippen LogP contribution in [0.4, 0.5) is 5.69 Å². The maximum Gasteiger partial charge on any atom is 0.271 e. The largest absolute Gasteiger partial charge is 0.493 e. The number of ether oxygens (including phenoxy) is 3. The Morgan fingerprint density at radius 1 is 0.944 bits per heavy atom. The zero-order valence-corrected chi connectivity index (χ0v) is 21.6. The van der Waals surface area contributed by atoms with Crippen molar-refractivity contribution in [3.05, 3.63) is 80.8 Å². The van der Waals surface area contributed by atoms with E-state index in [2.05, 4.69) is 15.8 Å². The highest BCUT2D eigenvalue weighted by atomic mass is 35.5. The minimum Gasteiger partial charge on any atom is -0.493 e. The lowest BCUT2D eigenvalue weighted by molar-refractivity contribution is -0.118. The molecule has 36 heavy (non-hydrogen) atoms. The Bertz CT molecular complexity index is 1240. The Labute approximate surface area is 223 Å². The molecule has 3 aromatic rings. The van der Waals surface area contributed by atoms with E-state index in [4.69, 9.17) is 49.0 Å². The molecule has 0 aliphatic heterocycles. The lowest BCUT2D eigenvalue weighted by Gasteiger charge is -2.11. The minimum absolute atomic E-state index is 0.146. The highest BCUT2D eigenvalue weighted by Gasteiger charge is 2.13. The number of nitrogens with zero attached hydrogens (tertiary/aromatic N) is 1. The Hall–Kier alpha value is -3.46. The number of nitrogens with one attached hydrogen (secondary N) is 2. The third-order valence-corrected chi connectivity index (χ3v) is 5.42. The molecule has 0 spiro atoms. The molecule has 0 saturated heterocycles. The molecule has 3 rings (SSSR count). The highest BCUT2D eigenvalue weighted by molar-refractivity contribution is 6.37. The van der Waals surface area contributed by atoms with Gasteiger partial charge in [-0.2, -0.15) is 5.10 Å². The Balaban J connectivity index is 1.59. The van der Waals surface area contributed by atoms with Crippen molar-refractivity contribution in [1.29, 1.82) is 0 Å². The Morgan fingerprint density at radius 3 is 2.28 bits per heavy atom. The molecule has 0 atom stereocenters. The summed E-state index contributed by atoms with van der Waals surface area (Å²) in [5, 5.41) is 7.52. The molecule has 0 saturated carbocycles. The quantitative estimate of drug-likeness (QED) is 0.244. The third kappa shape index (κ3) is 7.52. The van der Waals surface area contributed by atoms with Gasteiger partial charge in [-0.15, -0.1) is 0 Å². The number of hydrogen-bond acceptors (Lipinski definition) is 6. The molecule has 11 heteroatoms. The molecule has 0 heterocycles. The third-order valence-electron chi connectivity index (χ3n) is 4.60. The first-order valence-electron chi connectivity index (χ1n) is 10.6. The number of amides is 2. The van der Waals surface area contributed by atoms with Crippen LogP contribution in [0.3, 0.4) is 0 Å². The molecule has 0 bridgehead atoms. The first-order valence-corrected chi connectivity index (χ1v) is 11.8. The molecule has 0 fully saturated rings. The van der Waals surface area contributed by atoms with Crippen molar-refractivity contribution in [3.8, 4) is 17.2 Å². The molecule has 2 amide bonds. The van der Waals surface area contributed by atoms with Crippen molar-refractivity contribution in [2.75, 3.05) is 25.6 Å². The van der Waals surface area contributed by atoms with Crippen LogP contribution >= 0.6 is 34.8 Å². The molecular weight excluding hydrogens is 529 g/mol. The number of rotatable bonds is 10. The summed E-state index contributed by atoms with van der Waals surface area (Å²) in [5.41, 5.74) is 3.85. The van der Waals surface area contributed by atoms with Gasteiger partial charge in [0.25, 0.3) is 11.8 Å². The van der Waals surface area contributed by atoms with Gasteiger partial charge in [-0.3, -0.25) is 9.59 Å². The van der Waals surface area contributed by atoms with Gasteiger partial charge in [-0.25, -0.2) is 5.43 Å². The van der Waals surface area contributed by atoms with Crippen LogP contribution in [-0.2, 0) is 4.79 Å². The van der Waals surface area contributed by atoms with Crippen LogP contribution in [0.15, 0.2) is 59.7 Å². The van der Waals surface area contributed by atoms with E-state index in [0.29, 0.717) is 39.9 Å². The lowest BCUT2D eigenvalue weighted by Crippen LogP contribution is -2.20. The fraction of sp³-hybridized carbons (Fsp3) is 0.160. The number of hydrogen-bond donors (Lipinski definition) is 2. The normalized spacial score (nSPS) is 10.7. The summed E-state index contributed by atoms with van der Waals surface area (Å²) >= 11 is 18.4. The topological polar surface area (TPSA) is 98.3 Å². The summed E-state index contributed by atoms with van der Waals surface area (Å²) in [7, 11) is 1.52. The van der Waals surface area contributed by atoms with E-state index >= 15 is 0 Å². The second-order valence-electron chi connectivity index (χ2n) is 7.16. The van der Waals surface area contributed by atoms with E-state index in [-0.39, 0.29) is 22.4 Å². The van der Waals surface area contributed by atoms with Crippen LogP contribution in [0.25, 0.3) is 0 Å². The molecule has 0 unspecified atom stereocenters. The first-order chi connectivity index (χ1) is 17.3. The molecule has 188 valence electrons. The van der Waals surface area contributed by atoms with E-state index < -0.39 is 11.8 Å². The van der Waals surface area contributed by atoms with Crippen LogP contribution in [0, 0.1) is 0 Å². The SMILES string of the molecule is CCOc1cc(C(=O)N/N=C/c2cc(Cl)c(OCC(=O)Nc3ccc(Cl)cc3)c(Cl)c2)ccc1OC. The summed E-state index contributed by atoms with van der Waals surface area (Å²) in [6.45, 7) is 1.95. The predicted molar refractivity (Wildman–Crippen MR) is 141 cm³/mol. The van der Waals surface area contributed by atoms with Gasteiger partial charge in [0, 0.05) is 16.3 Å². The molecular formula is C25H22Cl3N3O5. The van der Waals surface area contributed by atoms with Gasteiger partial charge in [-0.05, 0) is 67.1 Å². The number of benzene rings is 3. The number of anilines is 1. The van der Waals surface area contributed by atoms with E-state index in [0.717, 1.165) is 0 Å². The summed E-state index contributed by atoms with van der Waals surface area (Å²) in [4.78, 5) is 24.6. The van der Waals surface area contributed by atoms with Crippen molar-refractivity contribution in [3.63, 3.8) is 0 Å². The number of carbonyl (C=O) groups excluding carboxylic acids is 2. The van der Waals surface area contributed by atoms with Crippen LogP contribution in [-0.4, -0.2) is 38.4 Å². The predicted octanol–water partition coefficient (Wildman–Crippen LogP) is 5.84. The second-order valence-corrected chi connectivity index (χ2v) is 8.41. The standard InChI is InChI=1S/C25H22Cl3N3O5/c1-3-35-22-12-16(4-9-21(22)34-2)25(33)31-29-13-15-10-19(27)24(20(28)11-15)36-14-23(32)30-18-7-5-17(26)6-8-18/h4-13H,3,14H2,1-2H3,(H,30,32)(H,31,33)/b29-13+. The van der Waals surface area contributed by atoms with Crippen molar-refractivity contribution >= 4 is 58.5 Å². The first kappa shape index (κ1) is 27.1. The van der Waals surface area contributed by atoms with Gasteiger partial charge in [0.15, 0.2) is 23.9 Å². The van der Waals surface area contributed by atoms with E-state index in [1.165, 1.54) is 25.5 Å². The summed E-state index contributed by atoms with van der Waals surface area (Å²) in [5.74, 6) is 0.272. The van der Waals surface area contributed by atoms with Crippen LogP contribution in [0.2, 0.25) is 15.1 Å². The lowest BCUT2D eigenvalue weighted by atomic mass is 10.2. The zero-order valence-electron chi connectivity index (χ0n) is 19.3. The van der Waals surface area contributed by atoms with Crippen LogP contribution in [0.5, 0.6) is 17.2 Å². The van der Waals surface area contributed by atoms with E-state index in [1.807, 2.05) is 6.92 Å². The van der Waals surface area contributed by atoms with Gasteiger partial charge in [-0.1, -0.05) is 34.8 Å². The van der Waals surface area contributed by atoms with Crippen molar-refractivity contribution < 1.29 is 23.8 Å². The number of carbonyl (C=O) groups is 2. The summed E-state index contributed by atoms with van der Waals surface area (Å²) in [6.07, 6.45) is 1.37. The summed E-state index contributed by atoms with van der Waals surface area (Å²) < 4.78 is 16.2. The van der Waals surface area contributed by atoms with Crippen molar-refractivity contribution in [2.24, 2.45) is 5.10 Å². The maximum absolute atomic E-state index is 12.4. The minimum atomic E-state index is -0.446. The molecule has 0 radical (unpaired) electrons. The average molecular weight is 551 g/mol. The maximum atomic E-state index is 12.4. The number of methoxy groups -OCH3 is 1. The monoisotopic (exact) mass is 549 g/mol. The molecule has 8 nitrogen and oxygen atoms in total. The zero-order chi connectivity index (χ0) is 26.1. The number of hydrazone groups is 1. The molecule has 2 N–H and O–H groups in total. The molecule has 3 aromatic carbocycles. The van der Waals surface area contributed by atoms with Gasteiger partial charge >= 0.3 is 0 Å². The average Bonchev–Trinajstić information content (AvgIpc) is 2.85. The van der Waals surface area contributed by atoms with E-state index in [9.17, 15) is 9.59 Å². The van der Waals surface area contributed by atoms with E-state index in [1.54, 1.807) is 42.5 Å². The molecule has 0 aliphatic rings. The van der Waals surface area contributed by atoms with Crippen LogP contribution in [0.1, 0.15) is 22.8 Å². The Morgan fingerprint density at radius 2 is 1.64 bits per heavy atom. The van der Waals surface area contributed by atoms with Crippen molar-refractivity contribution in [2.45, 2.75) is 6.92 Å². The number of halogens is 3. The van der Waals surface area contributed by atoms with Crippen LogP contribution < -0.4 is 25.0 Å². The smallest absolute Gasteiger partial charge is 0.271 e. The van der Waals surface area contributed by atoms with Gasteiger partial charge in [0.2, 0.25) is 0 Å². The van der Waals surface area contributed by atoms with Gasteiger partial charge in [0.1, 0.15) is 0 Å². The van der Waals surface area contributed by atoms with Gasteiger partial charge in [0.05, 0.1) is 30.0 Å². The second kappa shape index (κ2) is 13.0. The highest BCUT2D eigenvalue weighted by Crippen LogP contribution is 2.34.